The average molecular weight is 270 g/mol. The molecule has 1 rings (SSSR count). The molecule has 0 aliphatic rings. The van der Waals surface area contributed by atoms with Gasteiger partial charge < -0.3 is 4.74 Å². The highest BCUT2D eigenvalue weighted by atomic mass is 32.2. The molecular formula is C13H18O2S2. The van der Waals surface area contributed by atoms with Gasteiger partial charge in [-0.25, -0.2) is 0 Å². The Kier molecular flexibility index (Phi) is 6.52. The van der Waals surface area contributed by atoms with E-state index in [0.717, 1.165) is 5.75 Å². The number of thioether (sulfide) groups is 2. The van der Waals surface area contributed by atoms with Crippen molar-refractivity contribution in [2.75, 3.05) is 13.4 Å². The molecule has 0 N–H and O–H groups in total. The first-order chi connectivity index (χ1) is 8.15. The summed E-state index contributed by atoms with van der Waals surface area (Å²) in [4.78, 5) is 12.4. The number of hydrogen-bond donors (Lipinski definition) is 0. The Hall–Kier alpha value is -0.610. The second-order valence-corrected chi connectivity index (χ2v) is 6.06. The van der Waals surface area contributed by atoms with Crippen molar-refractivity contribution in [1.82, 2.24) is 0 Å². The number of rotatable bonds is 6. The first-order valence-corrected chi connectivity index (χ1v) is 7.74. The maximum atomic E-state index is 11.1. The van der Waals surface area contributed by atoms with E-state index >= 15 is 0 Å². The fourth-order valence-corrected chi connectivity index (χ4v) is 2.67. The second-order valence-electron chi connectivity index (χ2n) is 3.75. The SMILES string of the molecule is COC(=O)CC(C)SCc1ccc(SC)cc1. The fourth-order valence-electron chi connectivity index (χ4n) is 1.34. The molecule has 0 radical (unpaired) electrons. The van der Waals surface area contributed by atoms with Crippen molar-refractivity contribution in [3.63, 3.8) is 0 Å². The molecule has 0 saturated heterocycles. The van der Waals surface area contributed by atoms with Gasteiger partial charge in [-0.2, -0.15) is 11.8 Å². The minimum absolute atomic E-state index is 0.136. The van der Waals surface area contributed by atoms with E-state index in [9.17, 15) is 4.79 Å². The quantitative estimate of drug-likeness (QED) is 0.583. The van der Waals surface area contributed by atoms with Gasteiger partial charge in [0.1, 0.15) is 0 Å². The van der Waals surface area contributed by atoms with Gasteiger partial charge in [0.15, 0.2) is 0 Å². The maximum Gasteiger partial charge on any atom is 0.306 e. The van der Waals surface area contributed by atoms with Gasteiger partial charge in [0.05, 0.1) is 13.5 Å². The monoisotopic (exact) mass is 270 g/mol. The van der Waals surface area contributed by atoms with Crippen LogP contribution >= 0.6 is 23.5 Å². The predicted octanol–water partition coefficient (Wildman–Crippen LogP) is 3.59. The van der Waals surface area contributed by atoms with Gasteiger partial charge >= 0.3 is 5.97 Å². The third-order valence-electron chi connectivity index (χ3n) is 2.38. The summed E-state index contributed by atoms with van der Waals surface area (Å²) in [5, 5.41) is 0.294. The largest absolute Gasteiger partial charge is 0.469 e. The lowest BCUT2D eigenvalue weighted by molar-refractivity contribution is -0.140. The zero-order chi connectivity index (χ0) is 12.7. The molecule has 1 aromatic rings. The molecule has 0 saturated carbocycles. The third kappa shape index (κ3) is 5.50. The summed E-state index contributed by atoms with van der Waals surface area (Å²) in [6, 6.07) is 8.55. The average Bonchev–Trinajstić information content (AvgIpc) is 2.36. The van der Waals surface area contributed by atoms with Crippen LogP contribution in [0.1, 0.15) is 18.9 Å². The molecule has 0 heterocycles. The van der Waals surface area contributed by atoms with Gasteiger partial charge in [-0.3, -0.25) is 4.79 Å². The van der Waals surface area contributed by atoms with Crippen LogP contribution in [-0.2, 0) is 15.3 Å². The Bertz CT molecular complexity index is 349. The number of ether oxygens (including phenoxy) is 1. The second kappa shape index (κ2) is 7.67. The van der Waals surface area contributed by atoms with Gasteiger partial charge in [-0.05, 0) is 24.0 Å². The van der Waals surface area contributed by atoms with Gasteiger partial charge in [-0.1, -0.05) is 19.1 Å². The highest BCUT2D eigenvalue weighted by molar-refractivity contribution is 7.99. The summed E-state index contributed by atoms with van der Waals surface area (Å²) < 4.78 is 4.65. The van der Waals surface area contributed by atoms with Crippen LogP contribution in [0.3, 0.4) is 0 Å². The van der Waals surface area contributed by atoms with Crippen LogP contribution in [0.15, 0.2) is 29.2 Å². The molecule has 17 heavy (non-hydrogen) atoms. The lowest BCUT2D eigenvalue weighted by Gasteiger charge is -2.09. The fraction of sp³-hybridized carbons (Fsp3) is 0.462. The lowest BCUT2D eigenvalue weighted by atomic mass is 10.2. The van der Waals surface area contributed by atoms with Crippen molar-refractivity contribution in [2.24, 2.45) is 0 Å². The summed E-state index contributed by atoms with van der Waals surface area (Å²) >= 11 is 3.52. The van der Waals surface area contributed by atoms with E-state index in [1.807, 2.05) is 0 Å². The molecule has 1 unspecified atom stereocenters. The number of esters is 1. The van der Waals surface area contributed by atoms with Crippen LogP contribution in [0.4, 0.5) is 0 Å². The summed E-state index contributed by atoms with van der Waals surface area (Å²) in [5.74, 6) is 0.801. The minimum Gasteiger partial charge on any atom is -0.469 e. The molecule has 4 heteroatoms. The van der Waals surface area contributed by atoms with Crippen molar-refractivity contribution in [3.8, 4) is 0 Å². The number of benzene rings is 1. The van der Waals surface area contributed by atoms with E-state index in [0.29, 0.717) is 11.7 Å². The minimum atomic E-state index is -0.136. The number of carbonyl (C=O) groups excluding carboxylic acids is 1. The molecule has 0 amide bonds. The summed E-state index contributed by atoms with van der Waals surface area (Å²) in [5.41, 5.74) is 1.30. The number of methoxy groups -OCH3 is 1. The van der Waals surface area contributed by atoms with Crippen LogP contribution in [-0.4, -0.2) is 24.6 Å². The topological polar surface area (TPSA) is 26.3 Å². The summed E-state index contributed by atoms with van der Waals surface area (Å²) in [6.07, 6.45) is 2.55. The lowest BCUT2D eigenvalue weighted by Crippen LogP contribution is -2.08. The van der Waals surface area contributed by atoms with Crippen LogP contribution in [0.5, 0.6) is 0 Å². The summed E-state index contributed by atoms with van der Waals surface area (Å²) in [7, 11) is 1.43. The highest BCUT2D eigenvalue weighted by Crippen LogP contribution is 2.22. The smallest absolute Gasteiger partial charge is 0.306 e. The zero-order valence-electron chi connectivity index (χ0n) is 10.4. The molecule has 0 aliphatic heterocycles. The normalized spacial score (nSPS) is 12.2. The molecule has 0 aromatic heterocycles. The Morgan fingerprint density at radius 2 is 2.00 bits per heavy atom. The van der Waals surface area contributed by atoms with Crippen molar-refractivity contribution >= 4 is 29.5 Å². The Balaban J connectivity index is 2.36. The zero-order valence-corrected chi connectivity index (χ0v) is 12.1. The Morgan fingerprint density at radius 3 is 2.53 bits per heavy atom. The molecule has 94 valence electrons. The van der Waals surface area contributed by atoms with E-state index in [4.69, 9.17) is 0 Å². The van der Waals surface area contributed by atoms with Crippen molar-refractivity contribution in [2.45, 2.75) is 29.2 Å². The molecule has 0 spiro atoms. The molecule has 2 nitrogen and oxygen atoms in total. The van der Waals surface area contributed by atoms with E-state index in [2.05, 4.69) is 42.2 Å². The molecule has 0 aliphatic carbocycles. The Labute approximate surface area is 112 Å². The van der Waals surface area contributed by atoms with Crippen LogP contribution in [0, 0.1) is 0 Å². The van der Waals surface area contributed by atoms with Gasteiger partial charge in [0, 0.05) is 15.9 Å². The van der Waals surface area contributed by atoms with Crippen molar-refractivity contribution < 1.29 is 9.53 Å². The van der Waals surface area contributed by atoms with Gasteiger partial charge in [0.25, 0.3) is 0 Å². The van der Waals surface area contributed by atoms with Gasteiger partial charge in [-0.15, -0.1) is 11.8 Å². The Morgan fingerprint density at radius 1 is 1.35 bits per heavy atom. The number of carbonyl (C=O) groups is 1. The third-order valence-corrected chi connectivity index (χ3v) is 4.35. The molecule has 0 fully saturated rings. The van der Waals surface area contributed by atoms with E-state index in [1.54, 1.807) is 23.5 Å². The number of hydrogen-bond acceptors (Lipinski definition) is 4. The van der Waals surface area contributed by atoms with E-state index in [-0.39, 0.29) is 5.97 Å². The molecule has 0 bridgehead atoms. The van der Waals surface area contributed by atoms with Crippen LogP contribution < -0.4 is 0 Å². The van der Waals surface area contributed by atoms with Crippen molar-refractivity contribution in [1.29, 1.82) is 0 Å². The molecular weight excluding hydrogens is 252 g/mol. The molecule has 1 aromatic carbocycles. The van der Waals surface area contributed by atoms with E-state index < -0.39 is 0 Å². The highest BCUT2D eigenvalue weighted by Gasteiger charge is 2.09. The maximum absolute atomic E-state index is 11.1. The van der Waals surface area contributed by atoms with E-state index in [1.165, 1.54) is 17.6 Å². The summed E-state index contributed by atoms with van der Waals surface area (Å²) in [6.45, 7) is 2.05. The van der Waals surface area contributed by atoms with Crippen molar-refractivity contribution in [3.05, 3.63) is 29.8 Å². The first-order valence-electron chi connectivity index (χ1n) is 5.47. The standard InChI is InChI=1S/C13H18O2S2/c1-10(8-13(14)15-2)17-9-11-4-6-12(16-3)7-5-11/h4-7,10H,8-9H2,1-3H3. The van der Waals surface area contributed by atoms with Crippen LogP contribution in [0.25, 0.3) is 0 Å². The predicted molar refractivity (Wildman–Crippen MR) is 75.6 cm³/mol. The van der Waals surface area contributed by atoms with Crippen LogP contribution in [0.2, 0.25) is 0 Å². The molecule has 1 atom stereocenters. The first kappa shape index (κ1) is 14.5. The van der Waals surface area contributed by atoms with Gasteiger partial charge in [0.2, 0.25) is 0 Å².